The predicted molar refractivity (Wildman–Crippen MR) is 67.9 cm³/mol. The van der Waals surface area contributed by atoms with Crippen LogP contribution in [0, 0.1) is 0 Å². The number of hydrogen-bond donors (Lipinski definition) is 2. The van der Waals surface area contributed by atoms with E-state index >= 15 is 0 Å². The van der Waals surface area contributed by atoms with Crippen molar-refractivity contribution in [3.63, 3.8) is 0 Å². The van der Waals surface area contributed by atoms with Crippen molar-refractivity contribution in [2.24, 2.45) is 0 Å². The molecule has 6 nitrogen and oxygen atoms in total. The van der Waals surface area contributed by atoms with E-state index in [4.69, 9.17) is 14.6 Å². The average Bonchev–Trinajstić information content (AvgIpc) is 3.01. The second-order valence-corrected chi connectivity index (χ2v) is 4.58. The molecule has 3 rings (SSSR count). The Labute approximate surface area is 110 Å². The first-order valence-electron chi connectivity index (χ1n) is 6.18. The first-order valence-corrected chi connectivity index (χ1v) is 6.18. The summed E-state index contributed by atoms with van der Waals surface area (Å²) in [5, 5.41) is 18.9. The maximum atomic E-state index is 9.81. The highest BCUT2D eigenvalue weighted by Gasteiger charge is 2.35. The van der Waals surface area contributed by atoms with Gasteiger partial charge in [-0.3, -0.25) is 4.98 Å². The molecule has 0 radical (unpaired) electrons. The Morgan fingerprint density at radius 2 is 2.37 bits per heavy atom. The number of aliphatic hydroxyl groups is 2. The summed E-state index contributed by atoms with van der Waals surface area (Å²) in [5.41, 5.74) is 1.64. The van der Waals surface area contributed by atoms with Crippen molar-refractivity contribution in [3.8, 4) is 5.75 Å². The lowest BCUT2D eigenvalue weighted by Crippen LogP contribution is -2.24. The van der Waals surface area contributed by atoms with Gasteiger partial charge in [0.15, 0.2) is 0 Å². The number of ether oxygens (including phenoxy) is 2. The Balaban J connectivity index is 2.02. The normalized spacial score (nSPS) is 27.0. The van der Waals surface area contributed by atoms with Crippen LogP contribution in [-0.4, -0.2) is 45.7 Å². The molecule has 102 valence electrons. The lowest BCUT2D eigenvalue weighted by molar-refractivity contribution is -0.0429. The van der Waals surface area contributed by atoms with E-state index in [0.29, 0.717) is 12.2 Å². The molecule has 0 aliphatic carbocycles. The average molecular weight is 264 g/mol. The van der Waals surface area contributed by atoms with Crippen LogP contribution in [0.4, 0.5) is 0 Å². The van der Waals surface area contributed by atoms with Crippen LogP contribution < -0.4 is 4.74 Å². The molecule has 3 heterocycles. The van der Waals surface area contributed by atoms with E-state index in [9.17, 15) is 5.11 Å². The highest BCUT2D eigenvalue weighted by atomic mass is 16.5. The maximum absolute atomic E-state index is 9.81. The third-order valence-electron chi connectivity index (χ3n) is 3.48. The molecule has 1 aliphatic rings. The minimum Gasteiger partial charge on any atom is -0.494 e. The summed E-state index contributed by atoms with van der Waals surface area (Å²) in [6.45, 7) is -0.188. The zero-order chi connectivity index (χ0) is 13.4. The van der Waals surface area contributed by atoms with Crippen molar-refractivity contribution in [1.82, 2.24) is 9.55 Å². The van der Waals surface area contributed by atoms with E-state index in [0.717, 1.165) is 11.0 Å². The molecule has 0 aromatic carbocycles. The Bertz CT molecular complexity index is 583. The quantitative estimate of drug-likeness (QED) is 0.852. The molecule has 1 unspecified atom stereocenters. The van der Waals surface area contributed by atoms with Crippen molar-refractivity contribution in [1.29, 1.82) is 0 Å². The summed E-state index contributed by atoms with van der Waals surface area (Å²) < 4.78 is 12.9. The minimum atomic E-state index is -0.657. The van der Waals surface area contributed by atoms with Crippen LogP contribution >= 0.6 is 0 Å². The summed E-state index contributed by atoms with van der Waals surface area (Å²) in [5.74, 6) is 0.709. The van der Waals surface area contributed by atoms with Gasteiger partial charge < -0.3 is 24.3 Å². The van der Waals surface area contributed by atoms with Crippen molar-refractivity contribution >= 4 is 11.0 Å². The van der Waals surface area contributed by atoms with Gasteiger partial charge in [0.2, 0.25) is 0 Å². The zero-order valence-corrected chi connectivity index (χ0v) is 10.6. The van der Waals surface area contributed by atoms with Crippen LogP contribution in [0.2, 0.25) is 0 Å². The Hall–Kier alpha value is -1.63. The molecule has 1 saturated heterocycles. The first-order chi connectivity index (χ1) is 9.24. The van der Waals surface area contributed by atoms with Gasteiger partial charge in [0.1, 0.15) is 23.6 Å². The third-order valence-corrected chi connectivity index (χ3v) is 3.48. The van der Waals surface area contributed by atoms with Crippen LogP contribution in [0.25, 0.3) is 11.0 Å². The molecular formula is C13H16N2O4. The molecule has 3 atom stereocenters. The number of nitrogens with zero attached hydrogens (tertiary/aromatic N) is 2. The molecule has 0 bridgehead atoms. The Morgan fingerprint density at radius 3 is 3.05 bits per heavy atom. The summed E-state index contributed by atoms with van der Waals surface area (Å²) in [4.78, 5) is 4.27. The van der Waals surface area contributed by atoms with Crippen molar-refractivity contribution in [3.05, 3.63) is 24.5 Å². The van der Waals surface area contributed by atoms with Crippen LogP contribution in [-0.2, 0) is 4.74 Å². The van der Waals surface area contributed by atoms with E-state index in [1.807, 2.05) is 16.8 Å². The van der Waals surface area contributed by atoms with Crippen LogP contribution in [0.5, 0.6) is 5.75 Å². The SMILES string of the molecule is COc1ccnc2ccn([C@H]3C[C@H](O)C(CO)O3)c12. The van der Waals surface area contributed by atoms with Gasteiger partial charge in [-0.25, -0.2) is 0 Å². The van der Waals surface area contributed by atoms with Gasteiger partial charge in [0.05, 0.1) is 25.3 Å². The minimum absolute atomic E-state index is 0.188. The number of aliphatic hydroxyl groups excluding tert-OH is 2. The third kappa shape index (κ3) is 1.98. The molecule has 6 heteroatoms. The molecule has 19 heavy (non-hydrogen) atoms. The van der Waals surface area contributed by atoms with Crippen LogP contribution in [0.1, 0.15) is 12.6 Å². The van der Waals surface area contributed by atoms with Gasteiger partial charge in [0.25, 0.3) is 0 Å². The van der Waals surface area contributed by atoms with Crippen molar-refractivity contribution in [2.75, 3.05) is 13.7 Å². The smallest absolute Gasteiger partial charge is 0.146 e. The van der Waals surface area contributed by atoms with E-state index in [2.05, 4.69) is 4.98 Å². The van der Waals surface area contributed by atoms with Gasteiger partial charge in [-0.2, -0.15) is 0 Å². The van der Waals surface area contributed by atoms with E-state index in [1.54, 1.807) is 19.4 Å². The standard InChI is InChI=1S/C13H16N2O4/c1-18-10-2-4-14-8-3-5-15(13(8)10)12-6-9(17)11(7-16)19-12/h2-5,9,11-12,16-17H,6-7H2,1H3/t9-,11?,12+/m0/s1. The summed E-state index contributed by atoms with van der Waals surface area (Å²) in [6, 6.07) is 3.66. The highest BCUT2D eigenvalue weighted by Crippen LogP contribution is 2.34. The molecule has 1 fully saturated rings. The predicted octanol–water partition coefficient (Wildman–Crippen LogP) is 0.686. The van der Waals surface area contributed by atoms with Gasteiger partial charge in [-0.05, 0) is 6.07 Å². The Kier molecular flexibility index (Phi) is 3.14. The van der Waals surface area contributed by atoms with Gasteiger partial charge in [0, 0.05) is 24.9 Å². The number of methoxy groups -OCH3 is 1. The molecule has 0 amide bonds. The fourth-order valence-electron chi connectivity index (χ4n) is 2.51. The second-order valence-electron chi connectivity index (χ2n) is 4.58. The molecule has 2 N–H and O–H groups in total. The molecule has 0 spiro atoms. The van der Waals surface area contributed by atoms with Crippen molar-refractivity contribution < 1.29 is 19.7 Å². The summed E-state index contributed by atoms with van der Waals surface area (Å²) in [7, 11) is 1.60. The van der Waals surface area contributed by atoms with Crippen LogP contribution in [0.3, 0.4) is 0 Å². The number of aromatic nitrogens is 2. The van der Waals surface area contributed by atoms with Gasteiger partial charge in [-0.15, -0.1) is 0 Å². The molecule has 2 aromatic rings. The van der Waals surface area contributed by atoms with Gasteiger partial charge >= 0.3 is 0 Å². The topological polar surface area (TPSA) is 76.7 Å². The molecule has 0 saturated carbocycles. The first kappa shape index (κ1) is 12.4. The van der Waals surface area contributed by atoms with E-state index in [-0.39, 0.29) is 12.8 Å². The number of fused-ring (bicyclic) bond motifs is 1. The molecule has 1 aliphatic heterocycles. The maximum Gasteiger partial charge on any atom is 0.146 e. The Morgan fingerprint density at radius 1 is 1.53 bits per heavy atom. The largest absolute Gasteiger partial charge is 0.494 e. The fraction of sp³-hybridized carbons (Fsp3) is 0.462. The van der Waals surface area contributed by atoms with Crippen molar-refractivity contribution in [2.45, 2.75) is 24.9 Å². The van der Waals surface area contributed by atoms with Crippen LogP contribution in [0.15, 0.2) is 24.5 Å². The number of hydrogen-bond acceptors (Lipinski definition) is 5. The molecular weight excluding hydrogens is 248 g/mol. The lowest BCUT2D eigenvalue weighted by atomic mass is 10.2. The second kappa shape index (κ2) is 4.80. The summed E-state index contributed by atoms with van der Waals surface area (Å²) in [6.07, 6.45) is 2.47. The lowest BCUT2D eigenvalue weighted by Gasteiger charge is -2.16. The number of pyridine rings is 1. The molecule has 2 aromatic heterocycles. The summed E-state index contributed by atoms with van der Waals surface area (Å²) >= 11 is 0. The monoisotopic (exact) mass is 264 g/mol. The zero-order valence-electron chi connectivity index (χ0n) is 10.6. The highest BCUT2D eigenvalue weighted by molar-refractivity contribution is 5.82. The fourth-order valence-corrected chi connectivity index (χ4v) is 2.51. The van der Waals surface area contributed by atoms with Gasteiger partial charge in [-0.1, -0.05) is 0 Å². The van der Waals surface area contributed by atoms with E-state index < -0.39 is 12.2 Å². The van der Waals surface area contributed by atoms with E-state index in [1.165, 1.54) is 0 Å². The number of rotatable bonds is 3.